The number of carbonyl (C=O) groups excluding carboxylic acids is 1. The maximum atomic E-state index is 12.1. The zero-order chi connectivity index (χ0) is 14.5. The summed E-state index contributed by atoms with van der Waals surface area (Å²) < 4.78 is 10.6. The number of hydrogen-bond acceptors (Lipinski definition) is 3. The Bertz CT molecular complexity index is 494. The predicted octanol–water partition coefficient (Wildman–Crippen LogP) is -2.39. The van der Waals surface area contributed by atoms with Gasteiger partial charge in [0.2, 0.25) is 5.91 Å². The van der Waals surface area contributed by atoms with E-state index in [0.29, 0.717) is 13.0 Å². The second kappa shape index (κ2) is 8.10. The van der Waals surface area contributed by atoms with Gasteiger partial charge in [-0.25, -0.2) is 0 Å². The first kappa shape index (κ1) is 17.6. The van der Waals surface area contributed by atoms with Crippen LogP contribution in [0, 0.1) is 0 Å². The topological polar surface area (TPSA) is 66.4 Å². The minimum Gasteiger partial charge on any atom is -1.00 e. The third-order valence-corrected chi connectivity index (χ3v) is 3.71. The van der Waals surface area contributed by atoms with Gasteiger partial charge in [0.15, 0.2) is 11.5 Å². The van der Waals surface area contributed by atoms with Crippen molar-refractivity contribution in [3.05, 3.63) is 23.3 Å². The Morgan fingerprint density at radius 3 is 2.43 bits per heavy atom. The smallest absolute Gasteiger partial charge is 0.223 e. The fourth-order valence-electron chi connectivity index (χ4n) is 2.53. The molecule has 0 saturated heterocycles. The molecular formula is C15H23ClN2O3. The summed E-state index contributed by atoms with van der Waals surface area (Å²) in [5.74, 6) is 1.69. The van der Waals surface area contributed by atoms with Crippen LogP contribution in [0.4, 0.5) is 0 Å². The number of quaternary nitrogens is 1. The van der Waals surface area contributed by atoms with Crippen molar-refractivity contribution in [2.75, 3.05) is 27.3 Å². The highest BCUT2D eigenvalue weighted by molar-refractivity contribution is 5.76. The SMILES string of the molecule is COc1cc2c(cc1OC)CN(C(=O)CCC[NH3+])CC2.[Cl-]. The number of carbonyl (C=O) groups is 1. The zero-order valence-electron chi connectivity index (χ0n) is 12.7. The highest BCUT2D eigenvalue weighted by Crippen LogP contribution is 2.33. The molecule has 118 valence electrons. The molecule has 1 aliphatic heterocycles. The lowest BCUT2D eigenvalue weighted by Crippen LogP contribution is -3.00. The van der Waals surface area contributed by atoms with Crippen molar-refractivity contribution < 1.29 is 32.4 Å². The summed E-state index contributed by atoms with van der Waals surface area (Å²) in [7, 11) is 3.27. The van der Waals surface area contributed by atoms with E-state index >= 15 is 0 Å². The number of rotatable bonds is 5. The maximum Gasteiger partial charge on any atom is 0.223 e. The average molecular weight is 315 g/mol. The van der Waals surface area contributed by atoms with Crippen LogP contribution in [0.25, 0.3) is 0 Å². The summed E-state index contributed by atoms with van der Waals surface area (Å²) in [6.45, 7) is 2.24. The van der Waals surface area contributed by atoms with Gasteiger partial charge in [-0.2, -0.15) is 0 Å². The van der Waals surface area contributed by atoms with Crippen LogP contribution in [0.15, 0.2) is 12.1 Å². The number of fused-ring (bicyclic) bond motifs is 1. The Labute approximate surface area is 131 Å². The van der Waals surface area contributed by atoms with Gasteiger partial charge in [0.05, 0.1) is 20.8 Å². The van der Waals surface area contributed by atoms with Gasteiger partial charge in [-0.15, -0.1) is 0 Å². The fraction of sp³-hybridized carbons (Fsp3) is 0.533. The molecule has 21 heavy (non-hydrogen) atoms. The van der Waals surface area contributed by atoms with Gasteiger partial charge in [0, 0.05) is 25.9 Å². The third kappa shape index (κ3) is 4.02. The Kier molecular flexibility index (Phi) is 6.78. The quantitative estimate of drug-likeness (QED) is 0.660. The van der Waals surface area contributed by atoms with E-state index < -0.39 is 0 Å². The molecule has 0 bridgehead atoms. The third-order valence-electron chi connectivity index (χ3n) is 3.71. The summed E-state index contributed by atoms with van der Waals surface area (Å²) in [5.41, 5.74) is 6.17. The highest BCUT2D eigenvalue weighted by Gasteiger charge is 2.22. The van der Waals surface area contributed by atoms with Crippen molar-refractivity contribution in [2.45, 2.75) is 25.8 Å². The molecule has 0 radical (unpaired) electrons. The molecule has 6 heteroatoms. The van der Waals surface area contributed by atoms with Crippen LogP contribution in [0.3, 0.4) is 0 Å². The molecule has 0 aliphatic carbocycles. The first-order valence-electron chi connectivity index (χ1n) is 7.00. The van der Waals surface area contributed by atoms with E-state index in [-0.39, 0.29) is 18.3 Å². The summed E-state index contributed by atoms with van der Waals surface area (Å²) in [6, 6.07) is 4.00. The molecule has 0 saturated carbocycles. The molecule has 0 aromatic heterocycles. The number of ether oxygens (including phenoxy) is 2. The number of methoxy groups -OCH3 is 2. The Morgan fingerprint density at radius 2 is 1.86 bits per heavy atom. The van der Waals surface area contributed by atoms with E-state index in [9.17, 15) is 4.79 Å². The molecule has 3 N–H and O–H groups in total. The van der Waals surface area contributed by atoms with Gasteiger partial charge >= 0.3 is 0 Å². The molecule has 5 nitrogen and oxygen atoms in total. The summed E-state index contributed by atoms with van der Waals surface area (Å²) in [6.07, 6.45) is 2.31. The largest absolute Gasteiger partial charge is 1.00 e. The number of halogens is 1. The molecule has 0 unspecified atom stereocenters. The van der Waals surface area contributed by atoms with Crippen LogP contribution in [0.5, 0.6) is 11.5 Å². The number of amides is 1. The van der Waals surface area contributed by atoms with Crippen LogP contribution in [-0.2, 0) is 17.8 Å². The van der Waals surface area contributed by atoms with E-state index in [1.165, 1.54) is 5.56 Å². The minimum absolute atomic E-state index is 0. The highest BCUT2D eigenvalue weighted by atomic mass is 35.5. The molecule has 1 aliphatic rings. The van der Waals surface area contributed by atoms with Crippen LogP contribution < -0.4 is 27.6 Å². The standard InChI is InChI=1S/C15H22N2O3.ClH/c1-19-13-8-11-5-7-17(15(18)4-3-6-16)10-12(11)9-14(13)20-2;/h8-9H,3-7,10,16H2,1-2H3;1H. The van der Waals surface area contributed by atoms with Crippen molar-refractivity contribution in [3.63, 3.8) is 0 Å². The number of nitrogens with zero attached hydrogens (tertiary/aromatic N) is 1. The Morgan fingerprint density at radius 1 is 1.24 bits per heavy atom. The van der Waals surface area contributed by atoms with Crippen LogP contribution in [-0.4, -0.2) is 38.1 Å². The van der Waals surface area contributed by atoms with Gasteiger partial charge in [-0.3, -0.25) is 4.79 Å². The van der Waals surface area contributed by atoms with Gasteiger partial charge in [-0.1, -0.05) is 0 Å². The average Bonchev–Trinajstić information content (AvgIpc) is 2.50. The molecule has 0 fully saturated rings. The summed E-state index contributed by atoms with van der Waals surface area (Å²) in [5, 5.41) is 0. The van der Waals surface area contributed by atoms with Crippen molar-refractivity contribution in [2.24, 2.45) is 0 Å². The zero-order valence-corrected chi connectivity index (χ0v) is 13.4. The summed E-state index contributed by atoms with van der Waals surface area (Å²) >= 11 is 0. The molecule has 1 aromatic carbocycles. The van der Waals surface area contributed by atoms with Crippen molar-refractivity contribution in [3.8, 4) is 11.5 Å². The summed E-state index contributed by atoms with van der Waals surface area (Å²) in [4.78, 5) is 14.0. The van der Waals surface area contributed by atoms with Crippen molar-refractivity contribution >= 4 is 5.91 Å². The van der Waals surface area contributed by atoms with E-state index in [1.807, 2.05) is 17.0 Å². The number of benzene rings is 1. The van der Waals surface area contributed by atoms with Crippen molar-refractivity contribution in [1.29, 1.82) is 0 Å². The van der Waals surface area contributed by atoms with Crippen LogP contribution in [0.1, 0.15) is 24.0 Å². The van der Waals surface area contributed by atoms with E-state index in [1.54, 1.807) is 14.2 Å². The molecular weight excluding hydrogens is 292 g/mol. The maximum absolute atomic E-state index is 12.1. The molecule has 1 amide bonds. The Hall–Kier alpha value is -1.46. The second-order valence-corrected chi connectivity index (χ2v) is 5.00. The molecule has 0 atom stereocenters. The first-order valence-corrected chi connectivity index (χ1v) is 7.00. The second-order valence-electron chi connectivity index (χ2n) is 5.00. The predicted molar refractivity (Wildman–Crippen MR) is 75.7 cm³/mol. The molecule has 1 heterocycles. The van der Waals surface area contributed by atoms with E-state index in [4.69, 9.17) is 9.47 Å². The minimum atomic E-state index is 0. The van der Waals surface area contributed by atoms with Gasteiger partial charge in [0.1, 0.15) is 0 Å². The first-order chi connectivity index (χ1) is 9.69. The van der Waals surface area contributed by atoms with Gasteiger partial charge in [-0.05, 0) is 29.7 Å². The van der Waals surface area contributed by atoms with Crippen molar-refractivity contribution in [1.82, 2.24) is 4.90 Å². The lowest BCUT2D eigenvalue weighted by Gasteiger charge is -2.29. The van der Waals surface area contributed by atoms with E-state index in [0.717, 1.165) is 43.0 Å². The van der Waals surface area contributed by atoms with Crippen LogP contribution >= 0.6 is 0 Å². The molecule has 2 rings (SSSR count). The van der Waals surface area contributed by atoms with Crippen LogP contribution in [0.2, 0.25) is 0 Å². The monoisotopic (exact) mass is 314 g/mol. The van der Waals surface area contributed by atoms with Gasteiger partial charge in [0.25, 0.3) is 0 Å². The normalized spacial score (nSPS) is 13.2. The fourth-order valence-corrected chi connectivity index (χ4v) is 2.53. The molecule has 0 spiro atoms. The Balaban J connectivity index is 0.00000220. The lowest BCUT2D eigenvalue weighted by molar-refractivity contribution is -0.368. The molecule has 1 aromatic rings. The van der Waals surface area contributed by atoms with E-state index in [2.05, 4.69) is 5.73 Å². The number of hydrogen-bond donors (Lipinski definition) is 1. The van der Waals surface area contributed by atoms with Gasteiger partial charge < -0.3 is 32.5 Å². The lowest BCUT2D eigenvalue weighted by atomic mass is 9.98.